The fourth-order valence-corrected chi connectivity index (χ4v) is 1.69. The second-order valence-electron chi connectivity index (χ2n) is 2.01. The molecule has 0 radical (unpaired) electrons. The number of rotatable bonds is 2. The van der Waals surface area contributed by atoms with Crippen LogP contribution in [0.2, 0.25) is 0 Å². The van der Waals surface area contributed by atoms with Crippen molar-refractivity contribution in [2.75, 3.05) is 6.61 Å². The van der Waals surface area contributed by atoms with Crippen LogP contribution < -0.4 is 0 Å². The molecule has 6 nitrogen and oxygen atoms in total. The van der Waals surface area contributed by atoms with Crippen LogP contribution >= 0.6 is 0 Å². The van der Waals surface area contributed by atoms with E-state index < -0.39 is 33.1 Å². The molecule has 1 aliphatic heterocycles. The van der Waals surface area contributed by atoms with Crippen molar-refractivity contribution in [3.8, 4) is 0 Å². The first-order chi connectivity index (χ1) is 5.49. The van der Waals surface area contributed by atoms with E-state index in [2.05, 4.69) is 4.40 Å². The maximum absolute atomic E-state index is 10.8. The minimum atomic E-state index is -3.91. The molecular formula is C5H5NO5S. The molecule has 1 heterocycles. The van der Waals surface area contributed by atoms with Gasteiger partial charge in [-0.2, -0.15) is 12.8 Å². The number of carboxylic acids is 1. The van der Waals surface area contributed by atoms with Crippen LogP contribution in [0.15, 0.2) is 14.9 Å². The predicted octanol–water partition coefficient (Wildman–Crippen LogP) is -1.27. The van der Waals surface area contributed by atoms with E-state index in [4.69, 9.17) is 10.2 Å². The van der Waals surface area contributed by atoms with Crippen LogP contribution in [0.4, 0.5) is 0 Å². The zero-order valence-corrected chi connectivity index (χ0v) is 6.58. The fourth-order valence-electron chi connectivity index (χ4n) is 0.738. The van der Waals surface area contributed by atoms with Crippen molar-refractivity contribution in [2.45, 2.75) is 0 Å². The van der Waals surface area contributed by atoms with Crippen molar-refractivity contribution in [2.24, 2.45) is 4.40 Å². The average molecular weight is 191 g/mol. The Balaban J connectivity index is 3.31. The van der Waals surface area contributed by atoms with Crippen LogP contribution in [-0.4, -0.2) is 37.4 Å². The third-order valence-electron chi connectivity index (χ3n) is 1.31. The van der Waals surface area contributed by atoms with E-state index in [0.717, 1.165) is 0 Å². The molecule has 0 aliphatic carbocycles. The summed E-state index contributed by atoms with van der Waals surface area (Å²) in [6.45, 7) is -0.843. The van der Waals surface area contributed by atoms with Crippen LogP contribution in [0.3, 0.4) is 0 Å². The Morgan fingerprint density at radius 1 is 1.58 bits per heavy atom. The van der Waals surface area contributed by atoms with Gasteiger partial charge in [0.05, 0.1) is 18.4 Å². The van der Waals surface area contributed by atoms with Crippen molar-refractivity contribution >= 4 is 22.2 Å². The number of nitrogens with zero attached hydrogens (tertiary/aromatic N) is 1. The number of aliphatic carboxylic acids is 1. The van der Waals surface area contributed by atoms with E-state index in [1.165, 1.54) is 0 Å². The lowest BCUT2D eigenvalue weighted by atomic mass is 10.3. The number of sulfonamides is 1. The zero-order valence-electron chi connectivity index (χ0n) is 5.76. The van der Waals surface area contributed by atoms with Crippen molar-refractivity contribution in [1.82, 2.24) is 0 Å². The van der Waals surface area contributed by atoms with Crippen LogP contribution in [0.5, 0.6) is 0 Å². The van der Waals surface area contributed by atoms with Gasteiger partial charge in [0.25, 0.3) is 10.0 Å². The van der Waals surface area contributed by atoms with Crippen molar-refractivity contribution in [3.05, 3.63) is 10.5 Å². The van der Waals surface area contributed by atoms with Gasteiger partial charge in [-0.3, -0.25) is 0 Å². The third-order valence-corrected chi connectivity index (χ3v) is 2.66. The lowest BCUT2D eigenvalue weighted by Gasteiger charge is -1.95. The summed E-state index contributed by atoms with van der Waals surface area (Å²) in [7, 11) is -3.91. The van der Waals surface area contributed by atoms with Gasteiger partial charge in [0.15, 0.2) is 0 Å². The maximum atomic E-state index is 10.8. The van der Waals surface area contributed by atoms with E-state index in [1.807, 2.05) is 0 Å². The van der Waals surface area contributed by atoms with Gasteiger partial charge in [0.1, 0.15) is 4.91 Å². The minimum Gasteiger partial charge on any atom is -0.478 e. The summed E-state index contributed by atoms with van der Waals surface area (Å²) >= 11 is 0. The molecule has 1 rings (SSSR count). The Kier molecular flexibility index (Phi) is 1.99. The van der Waals surface area contributed by atoms with E-state index >= 15 is 0 Å². The molecule has 0 saturated heterocycles. The number of carbonyl (C=O) groups is 1. The first-order valence-corrected chi connectivity index (χ1v) is 4.30. The molecule has 0 amide bonds. The number of aliphatic hydroxyl groups is 1. The highest BCUT2D eigenvalue weighted by Gasteiger charge is 2.28. The SMILES string of the molecule is O=C(O)C1=C(CO)S(=O)(=O)N=C1. The number of hydrogen-bond acceptors (Lipinski definition) is 4. The summed E-state index contributed by atoms with van der Waals surface area (Å²) in [5.74, 6) is -1.41. The lowest BCUT2D eigenvalue weighted by Crippen LogP contribution is -2.08. The summed E-state index contributed by atoms with van der Waals surface area (Å²) in [6.07, 6.45) is 0.712. The molecule has 1 aliphatic rings. The molecule has 0 aromatic rings. The van der Waals surface area contributed by atoms with Gasteiger partial charge in [-0.1, -0.05) is 0 Å². The van der Waals surface area contributed by atoms with E-state index in [0.29, 0.717) is 6.21 Å². The number of carboxylic acid groups (broad SMARTS) is 1. The predicted molar refractivity (Wildman–Crippen MR) is 39.2 cm³/mol. The normalized spacial score (nSPS) is 20.1. The topological polar surface area (TPSA) is 104 Å². The lowest BCUT2D eigenvalue weighted by molar-refractivity contribution is -0.132. The monoisotopic (exact) mass is 191 g/mol. The molecule has 66 valence electrons. The van der Waals surface area contributed by atoms with E-state index in [9.17, 15) is 13.2 Å². The van der Waals surface area contributed by atoms with Crippen molar-refractivity contribution < 1.29 is 23.4 Å². The molecule has 0 aromatic carbocycles. The first-order valence-electron chi connectivity index (χ1n) is 2.86. The molecule has 12 heavy (non-hydrogen) atoms. The van der Waals surface area contributed by atoms with Gasteiger partial charge >= 0.3 is 5.97 Å². The Bertz CT molecular complexity index is 377. The van der Waals surface area contributed by atoms with Gasteiger partial charge in [0.2, 0.25) is 0 Å². The molecule has 0 fully saturated rings. The first kappa shape index (κ1) is 8.88. The van der Waals surface area contributed by atoms with Crippen molar-refractivity contribution in [1.29, 1.82) is 0 Å². The van der Waals surface area contributed by atoms with E-state index in [1.54, 1.807) is 0 Å². The second kappa shape index (κ2) is 2.68. The molecule has 0 spiro atoms. The van der Waals surface area contributed by atoms with Crippen LogP contribution in [0.25, 0.3) is 0 Å². The molecular weight excluding hydrogens is 186 g/mol. The second-order valence-corrected chi connectivity index (χ2v) is 3.66. The molecule has 0 bridgehead atoms. The van der Waals surface area contributed by atoms with E-state index in [-0.39, 0.29) is 0 Å². The van der Waals surface area contributed by atoms with Gasteiger partial charge < -0.3 is 10.2 Å². The molecule has 0 aromatic heterocycles. The summed E-state index contributed by atoms with van der Waals surface area (Å²) in [5.41, 5.74) is -0.475. The van der Waals surface area contributed by atoms with Gasteiger partial charge in [0, 0.05) is 0 Å². The number of hydrogen-bond donors (Lipinski definition) is 2. The summed E-state index contributed by atoms with van der Waals surface area (Å²) < 4.78 is 24.6. The summed E-state index contributed by atoms with van der Waals surface area (Å²) in [4.78, 5) is 9.77. The van der Waals surface area contributed by atoms with Crippen LogP contribution in [0, 0.1) is 0 Å². The zero-order chi connectivity index (χ0) is 9.35. The Morgan fingerprint density at radius 3 is 2.50 bits per heavy atom. The van der Waals surface area contributed by atoms with Crippen LogP contribution in [0.1, 0.15) is 0 Å². The Morgan fingerprint density at radius 2 is 2.17 bits per heavy atom. The fraction of sp³-hybridized carbons (Fsp3) is 0.200. The molecule has 0 saturated carbocycles. The Hall–Kier alpha value is -1.21. The molecule has 2 N–H and O–H groups in total. The molecule has 0 atom stereocenters. The summed E-state index contributed by atoms with van der Waals surface area (Å²) in [6, 6.07) is 0. The Labute approximate surface area is 67.9 Å². The van der Waals surface area contributed by atoms with Crippen LogP contribution in [-0.2, 0) is 14.8 Å². The molecule has 0 unspecified atom stereocenters. The highest BCUT2D eigenvalue weighted by Crippen LogP contribution is 2.18. The third kappa shape index (κ3) is 1.23. The average Bonchev–Trinajstić information content (AvgIpc) is 2.24. The van der Waals surface area contributed by atoms with Crippen molar-refractivity contribution in [3.63, 3.8) is 0 Å². The maximum Gasteiger partial charge on any atom is 0.338 e. The highest BCUT2D eigenvalue weighted by atomic mass is 32.2. The number of aliphatic hydroxyl groups excluding tert-OH is 1. The largest absolute Gasteiger partial charge is 0.478 e. The quantitative estimate of drug-likeness (QED) is 0.566. The molecule has 7 heteroatoms. The minimum absolute atomic E-state index is 0.475. The standard InChI is InChI=1S/C5H5NO5S/c7-2-4-3(5(8)9)1-6-12(4,10)11/h1,7H,2H2,(H,8,9). The highest BCUT2D eigenvalue weighted by molar-refractivity contribution is 7.94. The van der Waals surface area contributed by atoms with Gasteiger partial charge in [-0.05, 0) is 0 Å². The van der Waals surface area contributed by atoms with Gasteiger partial charge in [-0.25, -0.2) is 4.79 Å². The van der Waals surface area contributed by atoms with Gasteiger partial charge in [-0.15, -0.1) is 0 Å². The smallest absolute Gasteiger partial charge is 0.338 e. The summed E-state index contributed by atoms with van der Waals surface area (Å²) in [5, 5.41) is 17.0.